The highest BCUT2D eigenvalue weighted by atomic mass is 32.2. The topological polar surface area (TPSA) is 35.5 Å². The molecule has 2 aliphatic rings. The number of benzene rings is 1. The van der Waals surface area contributed by atoms with Crippen molar-refractivity contribution in [1.82, 2.24) is 0 Å². The normalized spacial score (nSPS) is 27.4. The molecule has 1 aliphatic heterocycles. The Balaban J connectivity index is 2.25. The van der Waals surface area contributed by atoms with Crippen molar-refractivity contribution in [2.24, 2.45) is 5.41 Å². The van der Waals surface area contributed by atoms with Crippen molar-refractivity contribution in [2.45, 2.75) is 43.1 Å². The van der Waals surface area contributed by atoms with E-state index >= 15 is 0 Å². The van der Waals surface area contributed by atoms with Gasteiger partial charge in [-0.15, -0.1) is 23.5 Å². The Hall–Kier alpha value is -0.810. The lowest BCUT2D eigenvalue weighted by Gasteiger charge is -2.46. The number of hydrogen-bond acceptors (Lipinski definition) is 5. The summed E-state index contributed by atoms with van der Waals surface area (Å²) in [6, 6.07) is 6.12. The van der Waals surface area contributed by atoms with Gasteiger partial charge in [-0.25, -0.2) is 0 Å². The lowest BCUT2D eigenvalue weighted by molar-refractivity contribution is -0.151. The Bertz CT molecular complexity index is 650. The predicted molar refractivity (Wildman–Crippen MR) is 102 cm³/mol. The molecule has 132 valence electrons. The Morgan fingerprint density at radius 2 is 1.79 bits per heavy atom. The molecule has 1 saturated heterocycles. The number of thioether (sulfide) groups is 2. The third-order valence-corrected chi connectivity index (χ3v) is 10.1. The van der Waals surface area contributed by atoms with Crippen molar-refractivity contribution in [1.29, 1.82) is 0 Å². The molecule has 0 unspecified atom stereocenters. The van der Waals surface area contributed by atoms with Crippen LogP contribution >= 0.6 is 23.5 Å². The number of ether oxygens (including phenoxy) is 2. The maximum Gasteiger partial charge on any atom is 0.317 e. The Kier molecular flexibility index (Phi) is 4.63. The van der Waals surface area contributed by atoms with E-state index in [0.717, 1.165) is 41.2 Å². The number of carbonyl (C=O) groups excluding carboxylic acids is 1. The van der Waals surface area contributed by atoms with Gasteiger partial charge in [-0.05, 0) is 25.8 Å². The molecule has 2 fully saturated rings. The van der Waals surface area contributed by atoms with Crippen LogP contribution in [0.3, 0.4) is 0 Å². The van der Waals surface area contributed by atoms with Gasteiger partial charge in [-0.2, -0.15) is 0 Å². The minimum absolute atomic E-state index is 0.0654. The maximum absolute atomic E-state index is 13.2. The Morgan fingerprint density at radius 3 is 2.38 bits per heavy atom. The summed E-state index contributed by atoms with van der Waals surface area (Å²) in [5, 5.41) is 0. The first-order valence-corrected chi connectivity index (χ1v) is 10.3. The van der Waals surface area contributed by atoms with E-state index in [2.05, 4.69) is 26.8 Å². The molecule has 5 heteroatoms. The molecule has 0 amide bonds. The first kappa shape index (κ1) is 18.0. The van der Waals surface area contributed by atoms with E-state index in [1.165, 1.54) is 7.11 Å². The summed E-state index contributed by atoms with van der Waals surface area (Å²) in [6.07, 6.45) is 1.81. The van der Waals surface area contributed by atoms with Crippen LogP contribution in [0.4, 0.5) is 0 Å². The van der Waals surface area contributed by atoms with Gasteiger partial charge in [0.25, 0.3) is 0 Å². The molecular formula is C19H26O3S2. The molecule has 1 spiro atoms. The number of hydrogen-bond donors (Lipinski definition) is 0. The first-order valence-electron chi connectivity index (χ1n) is 8.36. The average molecular weight is 367 g/mol. The van der Waals surface area contributed by atoms with Crippen molar-refractivity contribution in [3.63, 3.8) is 0 Å². The molecular weight excluding hydrogens is 340 g/mol. The molecule has 0 N–H and O–H groups in total. The quantitative estimate of drug-likeness (QED) is 0.741. The van der Waals surface area contributed by atoms with Crippen LogP contribution in [-0.2, 0) is 14.9 Å². The zero-order valence-corrected chi connectivity index (χ0v) is 16.7. The molecule has 1 aliphatic carbocycles. The fourth-order valence-electron chi connectivity index (χ4n) is 4.53. The van der Waals surface area contributed by atoms with E-state index in [9.17, 15) is 4.79 Å². The summed E-state index contributed by atoms with van der Waals surface area (Å²) in [5.41, 5.74) is 1.20. The summed E-state index contributed by atoms with van der Waals surface area (Å²) in [7, 11) is 3.18. The SMILES string of the molecule is COC(=O)[C@]1(c2cc(C)ccc2OC)CCC2(SCCS2)C1(C)C. The molecule has 1 aromatic rings. The molecule has 1 heterocycles. The van der Waals surface area contributed by atoms with Gasteiger partial charge in [-0.1, -0.05) is 31.5 Å². The lowest BCUT2D eigenvalue weighted by atomic mass is 9.63. The monoisotopic (exact) mass is 366 g/mol. The zero-order valence-electron chi connectivity index (χ0n) is 15.1. The summed E-state index contributed by atoms with van der Waals surface area (Å²) >= 11 is 4.03. The van der Waals surface area contributed by atoms with Gasteiger partial charge in [0.2, 0.25) is 0 Å². The minimum atomic E-state index is -0.677. The van der Waals surface area contributed by atoms with Crippen LogP contribution in [0.1, 0.15) is 37.8 Å². The van der Waals surface area contributed by atoms with Gasteiger partial charge >= 0.3 is 5.97 Å². The zero-order chi connectivity index (χ0) is 17.6. The second kappa shape index (κ2) is 6.17. The molecule has 0 radical (unpaired) electrons. The van der Waals surface area contributed by atoms with Crippen molar-refractivity contribution < 1.29 is 14.3 Å². The van der Waals surface area contributed by atoms with Crippen LogP contribution in [0, 0.1) is 12.3 Å². The second-order valence-corrected chi connectivity index (χ2v) is 10.2. The number of methoxy groups -OCH3 is 2. The first-order chi connectivity index (χ1) is 11.3. The highest BCUT2D eigenvalue weighted by Crippen LogP contribution is 2.71. The molecule has 1 aromatic carbocycles. The van der Waals surface area contributed by atoms with E-state index in [4.69, 9.17) is 9.47 Å². The maximum atomic E-state index is 13.2. The van der Waals surface area contributed by atoms with Crippen LogP contribution in [-0.4, -0.2) is 35.8 Å². The van der Waals surface area contributed by atoms with Gasteiger partial charge in [0.1, 0.15) is 11.2 Å². The highest BCUT2D eigenvalue weighted by Gasteiger charge is 2.69. The van der Waals surface area contributed by atoms with Gasteiger partial charge in [0, 0.05) is 22.5 Å². The molecule has 3 nitrogen and oxygen atoms in total. The minimum Gasteiger partial charge on any atom is -0.496 e. The summed E-state index contributed by atoms with van der Waals surface area (Å²) in [6.45, 7) is 6.54. The fourth-order valence-corrected chi connectivity index (χ4v) is 8.25. The standard InChI is InChI=1S/C19H26O3S2/c1-13-6-7-15(21-4)14(12-13)18(16(20)22-5)8-9-19(17(18,2)3)23-10-11-24-19/h6-7,12H,8-11H2,1-5H3/t18-/m1/s1. The summed E-state index contributed by atoms with van der Waals surface area (Å²) in [4.78, 5) is 13.2. The smallest absolute Gasteiger partial charge is 0.317 e. The number of esters is 1. The number of aryl methyl sites for hydroxylation is 1. The van der Waals surface area contributed by atoms with Crippen LogP contribution in [0.25, 0.3) is 0 Å². The lowest BCUT2D eigenvalue weighted by Crippen LogP contribution is -2.51. The third kappa shape index (κ3) is 2.23. The van der Waals surface area contributed by atoms with E-state index in [0.29, 0.717) is 0 Å². The largest absolute Gasteiger partial charge is 0.496 e. The van der Waals surface area contributed by atoms with E-state index in [-0.39, 0.29) is 15.5 Å². The predicted octanol–water partition coefficient (Wildman–Crippen LogP) is 4.41. The van der Waals surface area contributed by atoms with E-state index < -0.39 is 5.41 Å². The molecule has 1 atom stereocenters. The van der Waals surface area contributed by atoms with Gasteiger partial charge in [-0.3, -0.25) is 4.79 Å². The average Bonchev–Trinajstić information content (AvgIpc) is 3.13. The number of rotatable bonds is 3. The fraction of sp³-hybridized carbons (Fsp3) is 0.632. The van der Waals surface area contributed by atoms with Gasteiger partial charge in [0.15, 0.2) is 0 Å². The van der Waals surface area contributed by atoms with Crippen molar-refractivity contribution >= 4 is 29.5 Å². The van der Waals surface area contributed by atoms with Crippen molar-refractivity contribution in [3.05, 3.63) is 29.3 Å². The van der Waals surface area contributed by atoms with Crippen LogP contribution in [0.2, 0.25) is 0 Å². The van der Waals surface area contributed by atoms with E-state index in [1.54, 1.807) is 7.11 Å². The molecule has 24 heavy (non-hydrogen) atoms. The van der Waals surface area contributed by atoms with Crippen molar-refractivity contribution in [3.8, 4) is 5.75 Å². The number of carbonyl (C=O) groups is 1. The van der Waals surface area contributed by atoms with Gasteiger partial charge in [0.05, 0.1) is 18.3 Å². The second-order valence-electron chi connectivity index (χ2n) is 7.18. The van der Waals surface area contributed by atoms with Gasteiger partial charge < -0.3 is 9.47 Å². The highest BCUT2D eigenvalue weighted by molar-refractivity contribution is 8.21. The molecule has 0 bridgehead atoms. The molecule has 1 saturated carbocycles. The molecule has 0 aromatic heterocycles. The van der Waals surface area contributed by atoms with Crippen molar-refractivity contribution in [2.75, 3.05) is 25.7 Å². The Morgan fingerprint density at radius 1 is 1.12 bits per heavy atom. The van der Waals surface area contributed by atoms with Crippen LogP contribution in [0.15, 0.2) is 18.2 Å². The van der Waals surface area contributed by atoms with Crippen LogP contribution < -0.4 is 4.74 Å². The van der Waals surface area contributed by atoms with Crippen LogP contribution in [0.5, 0.6) is 5.75 Å². The Labute approximate surface area is 153 Å². The van der Waals surface area contributed by atoms with E-state index in [1.807, 2.05) is 35.7 Å². The molecule has 3 rings (SSSR count). The summed E-state index contributed by atoms with van der Waals surface area (Å²) in [5.74, 6) is 2.94. The third-order valence-electron chi connectivity index (χ3n) is 5.95. The summed E-state index contributed by atoms with van der Waals surface area (Å²) < 4.78 is 11.1.